The maximum Gasteiger partial charge on any atom is 0.343 e. The van der Waals surface area contributed by atoms with Crippen LogP contribution >= 0.6 is 11.6 Å². The van der Waals surface area contributed by atoms with Crippen LogP contribution in [0.3, 0.4) is 0 Å². The second kappa shape index (κ2) is 11.0. The topological polar surface area (TPSA) is 75.7 Å². The fraction of sp³-hybridized carbons (Fsp3) is 0.233. The monoisotopic (exact) mass is 516 g/mol. The average molecular weight is 517 g/mol. The van der Waals surface area contributed by atoms with Gasteiger partial charge in [0.25, 0.3) is 11.8 Å². The standard InChI is InChI=1S/C30H29ClN2O4/c1-5-6-7-21-8-14-24(15-9-21)33-28(34)26(31)27(29(33)35)32-23-12-10-22(11-13-23)30(36)37-25-17-18(2)16-19(3)20(25)4/h8-17,32H,5-7H2,1-4H3. The molecule has 6 nitrogen and oxygen atoms in total. The lowest BCUT2D eigenvalue weighted by Gasteiger charge is -2.16. The molecule has 0 saturated carbocycles. The molecule has 190 valence electrons. The number of benzene rings is 3. The molecule has 2 amide bonds. The fourth-order valence-corrected chi connectivity index (χ4v) is 4.35. The molecule has 7 heteroatoms. The minimum Gasteiger partial charge on any atom is -0.423 e. The molecule has 1 aliphatic heterocycles. The van der Waals surface area contributed by atoms with E-state index < -0.39 is 17.8 Å². The highest BCUT2D eigenvalue weighted by molar-refractivity contribution is 6.53. The van der Waals surface area contributed by atoms with Crippen molar-refractivity contribution in [2.75, 3.05) is 10.2 Å². The van der Waals surface area contributed by atoms with Gasteiger partial charge in [-0.15, -0.1) is 0 Å². The molecule has 3 aromatic rings. The van der Waals surface area contributed by atoms with Crippen LogP contribution in [-0.4, -0.2) is 17.8 Å². The normalized spacial score (nSPS) is 13.4. The molecule has 3 aromatic carbocycles. The van der Waals surface area contributed by atoms with Crippen LogP contribution < -0.4 is 15.0 Å². The van der Waals surface area contributed by atoms with Crippen LogP contribution in [0.1, 0.15) is 52.4 Å². The van der Waals surface area contributed by atoms with E-state index in [2.05, 4.69) is 12.2 Å². The Balaban J connectivity index is 1.46. The summed E-state index contributed by atoms with van der Waals surface area (Å²) >= 11 is 6.26. The zero-order chi connectivity index (χ0) is 26.7. The van der Waals surface area contributed by atoms with Crippen molar-refractivity contribution in [3.05, 3.63) is 99.2 Å². The lowest BCUT2D eigenvalue weighted by atomic mass is 10.1. The molecule has 1 aliphatic rings. The number of hydrogen-bond donors (Lipinski definition) is 1. The molecule has 0 radical (unpaired) electrons. The highest BCUT2D eigenvalue weighted by Crippen LogP contribution is 2.31. The molecule has 37 heavy (non-hydrogen) atoms. The Labute approximate surface area is 221 Å². The number of carbonyl (C=O) groups excluding carboxylic acids is 3. The minimum absolute atomic E-state index is 0.0112. The molecule has 0 fully saturated rings. The van der Waals surface area contributed by atoms with Gasteiger partial charge in [-0.25, -0.2) is 9.69 Å². The molecule has 0 aromatic heterocycles. The van der Waals surface area contributed by atoms with Gasteiger partial charge in [-0.3, -0.25) is 9.59 Å². The zero-order valence-corrected chi connectivity index (χ0v) is 22.1. The number of nitrogens with one attached hydrogen (secondary N) is 1. The first kappa shape index (κ1) is 26.2. The summed E-state index contributed by atoms with van der Waals surface area (Å²) in [7, 11) is 0. The summed E-state index contributed by atoms with van der Waals surface area (Å²) in [5.74, 6) is -1.09. The Morgan fingerprint density at radius 1 is 0.946 bits per heavy atom. The number of carbonyl (C=O) groups is 3. The molecular formula is C30H29ClN2O4. The number of unbranched alkanes of at least 4 members (excludes halogenated alkanes) is 1. The third-order valence-corrected chi connectivity index (χ3v) is 6.75. The number of rotatable bonds is 8. The number of anilines is 2. The minimum atomic E-state index is -0.584. The maximum atomic E-state index is 13.1. The van der Waals surface area contributed by atoms with E-state index in [4.69, 9.17) is 16.3 Å². The van der Waals surface area contributed by atoms with Gasteiger partial charge in [0, 0.05) is 5.69 Å². The molecule has 1 heterocycles. The van der Waals surface area contributed by atoms with E-state index in [1.807, 2.05) is 45.0 Å². The summed E-state index contributed by atoms with van der Waals surface area (Å²) in [5, 5.41) is 2.75. The Bertz CT molecular complexity index is 1390. The zero-order valence-electron chi connectivity index (χ0n) is 21.4. The predicted octanol–water partition coefficient (Wildman–Crippen LogP) is 6.61. The number of ether oxygens (including phenoxy) is 1. The molecule has 0 aliphatic carbocycles. The largest absolute Gasteiger partial charge is 0.423 e. The van der Waals surface area contributed by atoms with Crippen LogP contribution in [0.5, 0.6) is 5.75 Å². The number of esters is 1. The van der Waals surface area contributed by atoms with Crippen LogP contribution in [0.25, 0.3) is 0 Å². The van der Waals surface area contributed by atoms with Gasteiger partial charge in [0.05, 0.1) is 11.3 Å². The first-order valence-corrected chi connectivity index (χ1v) is 12.6. The lowest BCUT2D eigenvalue weighted by molar-refractivity contribution is -0.120. The van der Waals surface area contributed by atoms with Crippen molar-refractivity contribution in [3.8, 4) is 5.75 Å². The summed E-state index contributed by atoms with van der Waals surface area (Å²) in [5.41, 5.74) is 5.41. The van der Waals surface area contributed by atoms with Gasteiger partial charge in [0.15, 0.2) is 0 Å². The molecule has 0 unspecified atom stereocenters. The van der Waals surface area contributed by atoms with Gasteiger partial charge in [-0.2, -0.15) is 0 Å². The molecule has 0 saturated heterocycles. The number of hydrogen-bond acceptors (Lipinski definition) is 5. The second-order valence-electron chi connectivity index (χ2n) is 9.20. The smallest absolute Gasteiger partial charge is 0.343 e. The van der Waals surface area contributed by atoms with Crippen LogP contribution in [0.15, 0.2) is 71.4 Å². The molecule has 4 rings (SSSR count). The van der Waals surface area contributed by atoms with E-state index in [0.29, 0.717) is 22.7 Å². The predicted molar refractivity (Wildman–Crippen MR) is 146 cm³/mol. The van der Waals surface area contributed by atoms with Crippen molar-refractivity contribution in [1.29, 1.82) is 0 Å². The number of nitrogens with zero attached hydrogens (tertiary/aromatic N) is 1. The first-order valence-electron chi connectivity index (χ1n) is 12.2. The highest BCUT2D eigenvalue weighted by Gasteiger charge is 2.38. The van der Waals surface area contributed by atoms with E-state index in [9.17, 15) is 14.4 Å². The van der Waals surface area contributed by atoms with Gasteiger partial charge in [0.1, 0.15) is 16.5 Å². The van der Waals surface area contributed by atoms with E-state index in [1.165, 1.54) is 0 Å². The number of aryl methyl sites for hydroxylation is 3. The van der Waals surface area contributed by atoms with Crippen molar-refractivity contribution in [2.45, 2.75) is 47.0 Å². The number of halogens is 1. The van der Waals surface area contributed by atoms with Crippen LogP contribution in [0.4, 0.5) is 11.4 Å². The van der Waals surface area contributed by atoms with Crippen molar-refractivity contribution in [2.24, 2.45) is 0 Å². The molecule has 0 bridgehead atoms. The van der Waals surface area contributed by atoms with E-state index in [0.717, 1.165) is 46.4 Å². The highest BCUT2D eigenvalue weighted by atomic mass is 35.5. The third-order valence-electron chi connectivity index (χ3n) is 6.40. The molecule has 0 atom stereocenters. The lowest BCUT2D eigenvalue weighted by Crippen LogP contribution is -2.32. The summed E-state index contributed by atoms with van der Waals surface area (Å²) in [4.78, 5) is 39.6. The summed E-state index contributed by atoms with van der Waals surface area (Å²) in [6.07, 6.45) is 3.11. The molecular weight excluding hydrogens is 488 g/mol. The SMILES string of the molecule is CCCCc1ccc(N2C(=O)C(Cl)=C(Nc3ccc(C(=O)Oc4cc(C)cc(C)c4C)cc3)C2=O)cc1. The van der Waals surface area contributed by atoms with Gasteiger partial charge in [0.2, 0.25) is 0 Å². The van der Waals surface area contributed by atoms with E-state index in [-0.39, 0.29) is 10.7 Å². The van der Waals surface area contributed by atoms with Crippen LogP contribution in [-0.2, 0) is 16.0 Å². The summed E-state index contributed by atoms with van der Waals surface area (Å²) in [6.45, 7) is 7.96. The van der Waals surface area contributed by atoms with Crippen LogP contribution in [0, 0.1) is 20.8 Å². The van der Waals surface area contributed by atoms with Gasteiger partial charge >= 0.3 is 5.97 Å². The van der Waals surface area contributed by atoms with E-state index in [1.54, 1.807) is 36.4 Å². The van der Waals surface area contributed by atoms with Crippen molar-refractivity contribution < 1.29 is 19.1 Å². The number of amides is 2. The summed E-state index contributed by atoms with van der Waals surface area (Å²) in [6, 6.07) is 17.7. The third kappa shape index (κ3) is 5.59. The first-order chi connectivity index (χ1) is 17.7. The van der Waals surface area contributed by atoms with Crippen LogP contribution in [0.2, 0.25) is 0 Å². The Hall–Kier alpha value is -3.90. The Kier molecular flexibility index (Phi) is 7.79. The van der Waals surface area contributed by atoms with Crippen molar-refractivity contribution in [3.63, 3.8) is 0 Å². The molecule has 0 spiro atoms. The van der Waals surface area contributed by atoms with Crippen molar-refractivity contribution >= 4 is 40.8 Å². The second-order valence-corrected chi connectivity index (χ2v) is 9.58. The maximum absolute atomic E-state index is 13.1. The Morgan fingerprint density at radius 3 is 2.27 bits per heavy atom. The van der Waals surface area contributed by atoms with Gasteiger partial charge in [-0.1, -0.05) is 43.1 Å². The van der Waals surface area contributed by atoms with E-state index >= 15 is 0 Å². The average Bonchev–Trinajstić information content (AvgIpc) is 3.09. The quantitative estimate of drug-likeness (QED) is 0.207. The fourth-order valence-electron chi connectivity index (χ4n) is 4.14. The van der Waals surface area contributed by atoms with Gasteiger partial charge in [-0.05, 0) is 98.3 Å². The van der Waals surface area contributed by atoms with Crippen molar-refractivity contribution in [1.82, 2.24) is 0 Å². The number of imide groups is 1. The Morgan fingerprint density at radius 2 is 1.62 bits per heavy atom. The molecule has 1 N–H and O–H groups in total. The summed E-state index contributed by atoms with van der Waals surface area (Å²) < 4.78 is 5.61. The van der Waals surface area contributed by atoms with Gasteiger partial charge < -0.3 is 10.1 Å².